The molecular formula is C13H19NO2S. The fourth-order valence-corrected chi connectivity index (χ4v) is 2.36. The Morgan fingerprint density at radius 2 is 2.12 bits per heavy atom. The standard InChI is InChI=1S/C13H19NO2S/c1-16-13(15)12(14)10-17-9-5-8-11-6-3-2-4-7-11/h2-4,6-7,12H,5,8-10,14H2,1H3. The Labute approximate surface area is 107 Å². The summed E-state index contributed by atoms with van der Waals surface area (Å²) in [6.45, 7) is 0. The summed E-state index contributed by atoms with van der Waals surface area (Å²) >= 11 is 1.70. The van der Waals surface area contributed by atoms with Gasteiger partial charge >= 0.3 is 5.97 Å². The number of hydrogen-bond acceptors (Lipinski definition) is 4. The molecule has 0 heterocycles. The van der Waals surface area contributed by atoms with Crippen LogP contribution in [0.4, 0.5) is 0 Å². The largest absolute Gasteiger partial charge is 0.468 e. The lowest BCUT2D eigenvalue weighted by Crippen LogP contribution is -2.33. The summed E-state index contributed by atoms with van der Waals surface area (Å²) in [5.41, 5.74) is 6.98. The van der Waals surface area contributed by atoms with Gasteiger partial charge in [0.25, 0.3) is 0 Å². The van der Waals surface area contributed by atoms with Crippen molar-refractivity contribution in [3.8, 4) is 0 Å². The Kier molecular flexibility index (Phi) is 6.74. The highest BCUT2D eigenvalue weighted by molar-refractivity contribution is 7.99. The molecule has 0 saturated heterocycles. The van der Waals surface area contributed by atoms with Crippen LogP contribution in [-0.2, 0) is 16.0 Å². The molecule has 0 amide bonds. The van der Waals surface area contributed by atoms with E-state index in [1.54, 1.807) is 11.8 Å². The van der Waals surface area contributed by atoms with Gasteiger partial charge in [-0.05, 0) is 24.2 Å². The lowest BCUT2D eigenvalue weighted by Gasteiger charge is -2.08. The number of hydrogen-bond donors (Lipinski definition) is 1. The van der Waals surface area contributed by atoms with E-state index < -0.39 is 6.04 Å². The Balaban J connectivity index is 2.07. The van der Waals surface area contributed by atoms with Crippen LogP contribution >= 0.6 is 11.8 Å². The van der Waals surface area contributed by atoms with Crippen LogP contribution in [0.25, 0.3) is 0 Å². The number of carbonyl (C=O) groups excluding carboxylic acids is 1. The average Bonchev–Trinajstić information content (AvgIpc) is 2.38. The highest BCUT2D eigenvalue weighted by Gasteiger charge is 2.12. The van der Waals surface area contributed by atoms with Gasteiger partial charge in [0.15, 0.2) is 0 Å². The zero-order valence-electron chi connectivity index (χ0n) is 10.1. The van der Waals surface area contributed by atoms with Gasteiger partial charge in [-0.15, -0.1) is 0 Å². The molecule has 0 aliphatic heterocycles. The Morgan fingerprint density at radius 1 is 1.41 bits per heavy atom. The number of carbonyl (C=O) groups is 1. The molecule has 1 aromatic rings. The van der Waals surface area contributed by atoms with Crippen LogP contribution in [0, 0.1) is 0 Å². The molecule has 94 valence electrons. The lowest BCUT2D eigenvalue weighted by molar-refractivity contribution is -0.141. The maximum absolute atomic E-state index is 11.0. The van der Waals surface area contributed by atoms with E-state index in [0.717, 1.165) is 18.6 Å². The Morgan fingerprint density at radius 3 is 2.76 bits per heavy atom. The molecule has 0 radical (unpaired) electrons. The Hall–Kier alpha value is -1.00. The van der Waals surface area contributed by atoms with Crippen LogP contribution in [-0.4, -0.2) is 30.6 Å². The third-order valence-electron chi connectivity index (χ3n) is 2.40. The summed E-state index contributed by atoms with van der Waals surface area (Å²) in [6.07, 6.45) is 2.17. The highest BCUT2D eigenvalue weighted by atomic mass is 32.2. The molecule has 1 atom stereocenters. The van der Waals surface area contributed by atoms with E-state index >= 15 is 0 Å². The SMILES string of the molecule is COC(=O)C(N)CSCCCc1ccccc1. The molecule has 1 rings (SSSR count). The number of thioether (sulfide) groups is 1. The second-order valence-electron chi connectivity index (χ2n) is 3.79. The first-order valence-corrected chi connectivity index (χ1v) is 6.84. The van der Waals surface area contributed by atoms with Crippen LogP contribution in [0.1, 0.15) is 12.0 Å². The Bertz CT molecular complexity index is 329. The summed E-state index contributed by atoms with van der Waals surface area (Å²) < 4.78 is 4.56. The molecule has 0 spiro atoms. The second kappa shape index (κ2) is 8.14. The molecule has 0 fully saturated rings. The topological polar surface area (TPSA) is 52.3 Å². The molecule has 0 aliphatic rings. The molecule has 0 saturated carbocycles. The maximum Gasteiger partial charge on any atom is 0.323 e. The van der Waals surface area contributed by atoms with Crippen LogP contribution in [0.2, 0.25) is 0 Å². The van der Waals surface area contributed by atoms with Crippen molar-refractivity contribution in [2.45, 2.75) is 18.9 Å². The van der Waals surface area contributed by atoms with Gasteiger partial charge < -0.3 is 10.5 Å². The van der Waals surface area contributed by atoms with Crippen molar-refractivity contribution in [3.05, 3.63) is 35.9 Å². The fourth-order valence-electron chi connectivity index (χ4n) is 1.45. The fraction of sp³-hybridized carbons (Fsp3) is 0.462. The third-order valence-corrected chi connectivity index (χ3v) is 3.57. The molecule has 0 aromatic heterocycles. The van der Waals surface area contributed by atoms with Crippen molar-refractivity contribution in [1.29, 1.82) is 0 Å². The summed E-state index contributed by atoms with van der Waals surface area (Å²) in [4.78, 5) is 11.0. The van der Waals surface area contributed by atoms with E-state index in [9.17, 15) is 4.79 Å². The molecule has 1 aromatic carbocycles. The number of esters is 1. The van der Waals surface area contributed by atoms with Crippen molar-refractivity contribution < 1.29 is 9.53 Å². The maximum atomic E-state index is 11.0. The molecule has 4 heteroatoms. The van der Waals surface area contributed by atoms with Gasteiger partial charge in [-0.1, -0.05) is 30.3 Å². The van der Waals surface area contributed by atoms with Crippen LogP contribution < -0.4 is 5.73 Å². The summed E-state index contributed by atoms with van der Waals surface area (Å²) in [7, 11) is 1.36. The minimum Gasteiger partial charge on any atom is -0.468 e. The van der Waals surface area contributed by atoms with Gasteiger partial charge in [0.1, 0.15) is 6.04 Å². The van der Waals surface area contributed by atoms with Gasteiger partial charge in [0.05, 0.1) is 7.11 Å². The minimum atomic E-state index is -0.498. The molecule has 3 nitrogen and oxygen atoms in total. The second-order valence-corrected chi connectivity index (χ2v) is 4.94. The summed E-state index contributed by atoms with van der Waals surface area (Å²) in [5.74, 6) is 1.31. The minimum absolute atomic E-state index is 0.333. The third kappa shape index (κ3) is 5.75. The van der Waals surface area contributed by atoms with E-state index in [0.29, 0.717) is 5.75 Å². The molecule has 1 unspecified atom stereocenters. The quantitative estimate of drug-likeness (QED) is 0.595. The van der Waals surface area contributed by atoms with Crippen molar-refractivity contribution in [1.82, 2.24) is 0 Å². The normalized spacial score (nSPS) is 12.1. The van der Waals surface area contributed by atoms with E-state index in [1.807, 2.05) is 6.07 Å². The highest BCUT2D eigenvalue weighted by Crippen LogP contribution is 2.09. The van der Waals surface area contributed by atoms with E-state index in [4.69, 9.17) is 5.73 Å². The van der Waals surface area contributed by atoms with Gasteiger partial charge in [0.2, 0.25) is 0 Å². The molecule has 2 N–H and O–H groups in total. The van der Waals surface area contributed by atoms with E-state index in [1.165, 1.54) is 12.7 Å². The average molecular weight is 253 g/mol. The van der Waals surface area contributed by atoms with Gasteiger partial charge in [-0.3, -0.25) is 4.79 Å². The monoisotopic (exact) mass is 253 g/mol. The smallest absolute Gasteiger partial charge is 0.323 e. The van der Waals surface area contributed by atoms with Crippen LogP contribution in [0.15, 0.2) is 30.3 Å². The molecule has 0 bridgehead atoms. The zero-order chi connectivity index (χ0) is 12.5. The van der Waals surface area contributed by atoms with Crippen LogP contribution in [0.3, 0.4) is 0 Å². The molecular weight excluding hydrogens is 234 g/mol. The number of aryl methyl sites for hydroxylation is 1. The zero-order valence-corrected chi connectivity index (χ0v) is 10.9. The summed E-state index contributed by atoms with van der Waals surface area (Å²) in [6, 6.07) is 9.89. The number of rotatable bonds is 7. The van der Waals surface area contributed by atoms with Crippen molar-refractivity contribution in [2.75, 3.05) is 18.6 Å². The number of benzene rings is 1. The predicted octanol–water partition coefficient (Wildman–Crippen LogP) is 1.85. The van der Waals surface area contributed by atoms with Gasteiger partial charge in [0, 0.05) is 5.75 Å². The van der Waals surface area contributed by atoms with Gasteiger partial charge in [-0.25, -0.2) is 0 Å². The lowest BCUT2D eigenvalue weighted by atomic mass is 10.1. The van der Waals surface area contributed by atoms with Crippen molar-refractivity contribution in [3.63, 3.8) is 0 Å². The number of methoxy groups -OCH3 is 1. The van der Waals surface area contributed by atoms with E-state index in [2.05, 4.69) is 29.0 Å². The summed E-state index contributed by atoms with van der Waals surface area (Å²) in [5, 5.41) is 0. The van der Waals surface area contributed by atoms with Crippen molar-refractivity contribution >= 4 is 17.7 Å². The molecule has 17 heavy (non-hydrogen) atoms. The number of ether oxygens (including phenoxy) is 1. The van der Waals surface area contributed by atoms with Crippen molar-refractivity contribution in [2.24, 2.45) is 5.73 Å². The first-order valence-electron chi connectivity index (χ1n) is 5.69. The first kappa shape index (κ1) is 14.1. The van der Waals surface area contributed by atoms with Crippen LogP contribution in [0.5, 0.6) is 0 Å². The predicted molar refractivity (Wildman–Crippen MR) is 72.1 cm³/mol. The first-order chi connectivity index (χ1) is 8.24. The van der Waals surface area contributed by atoms with E-state index in [-0.39, 0.29) is 5.97 Å². The molecule has 0 aliphatic carbocycles. The van der Waals surface area contributed by atoms with Gasteiger partial charge in [-0.2, -0.15) is 11.8 Å². The number of nitrogens with two attached hydrogens (primary N) is 1.